The number of aliphatic hydroxyl groups excluding tert-OH is 8. The Kier molecular flexibility index (Phi) is 12.5. The van der Waals surface area contributed by atoms with Crippen molar-refractivity contribution in [2.75, 3.05) is 19.8 Å². The van der Waals surface area contributed by atoms with Crippen molar-refractivity contribution < 1.29 is 78.9 Å². The molecule has 0 aromatic carbocycles. The fourth-order valence-corrected chi connectivity index (χ4v) is 5.28. The van der Waals surface area contributed by atoms with Gasteiger partial charge >= 0.3 is 0 Å². The molecule has 0 saturated carbocycles. The van der Waals surface area contributed by atoms with Gasteiger partial charge in [0, 0.05) is 20.8 Å². The van der Waals surface area contributed by atoms with Gasteiger partial charge in [-0.1, -0.05) is 0 Å². The highest BCUT2D eigenvalue weighted by molar-refractivity contribution is 5.74. The largest absolute Gasteiger partial charge is 0.394 e. The van der Waals surface area contributed by atoms with Gasteiger partial charge in [0.25, 0.3) is 0 Å². The molecule has 3 saturated heterocycles. The smallest absolute Gasteiger partial charge is 0.217 e. The van der Waals surface area contributed by atoms with Gasteiger partial charge in [0.1, 0.15) is 73.1 Å². The average molecular weight is 628 g/mol. The lowest BCUT2D eigenvalue weighted by molar-refractivity contribution is -0.351. The molecule has 3 amide bonds. The van der Waals surface area contributed by atoms with Gasteiger partial charge in [-0.3, -0.25) is 14.4 Å². The molecular weight excluding hydrogens is 586 g/mol. The van der Waals surface area contributed by atoms with E-state index in [0.717, 1.165) is 20.8 Å². The summed E-state index contributed by atoms with van der Waals surface area (Å²) < 4.78 is 28.3. The third kappa shape index (κ3) is 8.14. The first-order valence-electron chi connectivity index (χ1n) is 13.5. The summed E-state index contributed by atoms with van der Waals surface area (Å²) in [6, 6.07) is -4.31. The minimum absolute atomic E-state index is 0.628. The first-order chi connectivity index (χ1) is 20.2. The zero-order valence-corrected chi connectivity index (χ0v) is 23.6. The van der Waals surface area contributed by atoms with Crippen LogP contribution < -0.4 is 16.0 Å². The maximum absolute atomic E-state index is 12.1. The Labute approximate surface area is 245 Å². The van der Waals surface area contributed by atoms with Crippen molar-refractivity contribution in [1.29, 1.82) is 0 Å². The summed E-state index contributed by atoms with van der Waals surface area (Å²) in [5.41, 5.74) is 0. The number of hydrogen-bond donors (Lipinski definition) is 11. The second-order valence-electron chi connectivity index (χ2n) is 10.5. The van der Waals surface area contributed by atoms with E-state index in [4.69, 9.17) is 23.7 Å². The molecular formula is C24H41N3O16. The fourth-order valence-electron chi connectivity index (χ4n) is 5.28. The molecule has 0 unspecified atom stereocenters. The number of aliphatic hydroxyl groups is 8. The summed E-state index contributed by atoms with van der Waals surface area (Å²) >= 11 is 0. The highest BCUT2D eigenvalue weighted by Crippen LogP contribution is 2.32. The lowest BCUT2D eigenvalue weighted by atomic mass is 9.93. The number of ether oxygens (including phenoxy) is 5. The molecule has 0 bridgehead atoms. The van der Waals surface area contributed by atoms with Gasteiger partial charge in [-0.15, -0.1) is 0 Å². The van der Waals surface area contributed by atoms with Crippen molar-refractivity contribution in [2.24, 2.45) is 0 Å². The van der Waals surface area contributed by atoms with Gasteiger partial charge in [0.05, 0.1) is 19.8 Å². The molecule has 0 spiro atoms. The molecule has 3 aliphatic heterocycles. The van der Waals surface area contributed by atoms with Crippen LogP contribution in [0, 0.1) is 0 Å². The number of hydrogen-bond acceptors (Lipinski definition) is 16. The van der Waals surface area contributed by atoms with E-state index in [1.165, 1.54) is 0 Å². The molecule has 0 aliphatic carbocycles. The van der Waals surface area contributed by atoms with Crippen LogP contribution in [0.25, 0.3) is 0 Å². The Hall–Kier alpha value is -2.11. The van der Waals surface area contributed by atoms with Gasteiger partial charge in [-0.2, -0.15) is 0 Å². The Morgan fingerprint density at radius 1 is 0.558 bits per heavy atom. The SMILES string of the molecule is CC(=O)N[C@@H]1[C@H](O[C@H]2[C@@H](O)[C@@H](NC(C)=O)[C@@H](O[C@H]3[C@@H](O)[C@@H](NC(C)=O)[C@@H](O)O[C@H]3CO)O[C@H]2CO)O[C@H](CO)[C@H](O)[C@@H]1O. The summed E-state index contributed by atoms with van der Waals surface area (Å²) in [6.45, 7) is 0.995. The Balaban J connectivity index is 1.89. The molecule has 15 atom stereocenters. The summed E-state index contributed by atoms with van der Waals surface area (Å²) in [5.74, 6) is -1.96. The van der Waals surface area contributed by atoms with Gasteiger partial charge in [0.2, 0.25) is 17.7 Å². The van der Waals surface area contributed by atoms with E-state index in [-0.39, 0.29) is 0 Å². The zero-order chi connectivity index (χ0) is 32.2. The topological polar surface area (TPSA) is 295 Å². The number of rotatable bonds is 10. The van der Waals surface area contributed by atoms with Crippen molar-refractivity contribution in [3.8, 4) is 0 Å². The van der Waals surface area contributed by atoms with Crippen molar-refractivity contribution in [2.45, 2.75) is 113 Å². The molecule has 19 heteroatoms. The summed E-state index contributed by atoms with van der Waals surface area (Å²) in [6.07, 6.45) is -19.0. The second kappa shape index (κ2) is 15.3. The molecule has 0 radical (unpaired) electrons. The maximum Gasteiger partial charge on any atom is 0.217 e. The minimum Gasteiger partial charge on any atom is -0.394 e. The number of carbonyl (C=O) groups is 3. The Bertz CT molecular complexity index is 962. The van der Waals surface area contributed by atoms with Gasteiger partial charge in [-0.05, 0) is 0 Å². The van der Waals surface area contributed by atoms with E-state index in [2.05, 4.69) is 16.0 Å². The predicted octanol–water partition coefficient (Wildman–Crippen LogP) is -7.14. The molecule has 3 heterocycles. The van der Waals surface area contributed by atoms with Gasteiger partial charge in [-0.25, -0.2) is 0 Å². The Morgan fingerprint density at radius 2 is 0.930 bits per heavy atom. The van der Waals surface area contributed by atoms with E-state index >= 15 is 0 Å². The molecule has 3 rings (SSSR count). The zero-order valence-electron chi connectivity index (χ0n) is 23.6. The van der Waals surface area contributed by atoms with Crippen LogP contribution >= 0.6 is 0 Å². The molecule has 3 fully saturated rings. The van der Waals surface area contributed by atoms with Crippen LogP contribution in [0.1, 0.15) is 20.8 Å². The van der Waals surface area contributed by atoms with Crippen LogP contribution in [0.5, 0.6) is 0 Å². The number of amides is 3. The predicted molar refractivity (Wildman–Crippen MR) is 136 cm³/mol. The standard InChI is InChI=1S/C24H41N3O16/c1-7(31)25-13-18(36)20(11(5-29)39-22(13)38)42-24-15(27-9(3)33)19(37)21(12(6-30)41-24)43-23-14(26-8(2)32)17(35)16(34)10(4-28)40-23/h10-24,28-30,34-38H,4-6H2,1-3H3,(H,25,31)(H,26,32)(H,27,33)/t10-,11+,12+,13-,14+,15-,16+,17-,18+,19+,20-,21-,22+,23+,24-/m1/s1. The molecule has 248 valence electrons. The lowest BCUT2D eigenvalue weighted by Gasteiger charge is -2.49. The summed E-state index contributed by atoms with van der Waals surface area (Å²) in [5, 5.41) is 90.0. The van der Waals surface area contributed by atoms with Crippen molar-refractivity contribution in [3.05, 3.63) is 0 Å². The molecule has 0 aromatic heterocycles. The lowest BCUT2D eigenvalue weighted by Crippen LogP contribution is -2.71. The van der Waals surface area contributed by atoms with Crippen LogP contribution in [0.15, 0.2) is 0 Å². The van der Waals surface area contributed by atoms with Crippen LogP contribution in [0.4, 0.5) is 0 Å². The van der Waals surface area contributed by atoms with Gasteiger partial charge in [0.15, 0.2) is 18.9 Å². The number of nitrogens with one attached hydrogen (secondary N) is 3. The second-order valence-corrected chi connectivity index (χ2v) is 10.5. The van der Waals surface area contributed by atoms with Gasteiger partial charge < -0.3 is 80.5 Å². The minimum atomic E-state index is -1.77. The molecule has 19 nitrogen and oxygen atoms in total. The highest BCUT2D eigenvalue weighted by Gasteiger charge is 2.54. The van der Waals surface area contributed by atoms with E-state index in [0.29, 0.717) is 0 Å². The quantitative estimate of drug-likeness (QED) is 0.107. The first-order valence-corrected chi connectivity index (χ1v) is 13.5. The monoisotopic (exact) mass is 627 g/mol. The Morgan fingerprint density at radius 3 is 1.37 bits per heavy atom. The molecule has 0 aromatic rings. The summed E-state index contributed by atoms with van der Waals surface area (Å²) in [7, 11) is 0. The fraction of sp³-hybridized carbons (Fsp3) is 0.875. The normalized spacial score (nSPS) is 43.5. The van der Waals surface area contributed by atoms with Crippen molar-refractivity contribution >= 4 is 17.7 Å². The van der Waals surface area contributed by atoms with E-state index < -0.39 is 129 Å². The number of carbonyl (C=O) groups excluding carboxylic acids is 3. The van der Waals surface area contributed by atoms with Crippen molar-refractivity contribution in [1.82, 2.24) is 16.0 Å². The first kappa shape index (κ1) is 35.4. The van der Waals surface area contributed by atoms with Crippen LogP contribution in [0.2, 0.25) is 0 Å². The molecule has 3 aliphatic rings. The third-order valence-corrected chi connectivity index (χ3v) is 7.30. The summed E-state index contributed by atoms with van der Waals surface area (Å²) in [4.78, 5) is 35.5. The molecule has 43 heavy (non-hydrogen) atoms. The third-order valence-electron chi connectivity index (χ3n) is 7.30. The van der Waals surface area contributed by atoms with E-state index in [9.17, 15) is 55.2 Å². The molecule has 11 N–H and O–H groups in total. The van der Waals surface area contributed by atoms with E-state index in [1.807, 2.05) is 0 Å². The van der Waals surface area contributed by atoms with Crippen LogP contribution in [0.3, 0.4) is 0 Å². The highest BCUT2D eigenvalue weighted by atomic mass is 16.7. The average Bonchev–Trinajstić information content (AvgIpc) is 2.94. The van der Waals surface area contributed by atoms with Crippen LogP contribution in [-0.2, 0) is 38.1 Å². The van der Waals surface area contributed by atoms with Crippen molar-refractivity contribution in [3.63, 3.8) is 0 Å². The van der Waals surface area contributed by atoms with Crippen LogP contribution in [-0.4, -0.2) is 170 Å². The maximum atomic E-state index is 12.1. The van der Waals surface area contributed by atoms with E-state index in [1.54, 1.807) is 0 Å².